The number of phenols is 1. The average Bonchev–Trinajstić information content (AvgIpc) is 2.30. The smallest absolute Gasteiger partial charge is 0.124 e. The van der Waals surface area contributed by atoms with Gasteiger partial charge in [-0.1, -0.05) is 36.4 Å². The number of aromatic hydroxyl groups is 1. The van der Waals surface area contributed by atoms with E-state index in [0.717, 1.165) is 16.7 Å². The molecule has 75 valence electrons. The lowest BCUT2D eigenvalue weighted by atomic mass is 10.0. The molecule has 0 saturated heterocycles. The second-order valence-electron chi connectivity index (χ2n) is 3.33. The zero-order chi connectivity index (χ0) is 10.7. The number of phenolic OH excluding ortho intramolecular Hbond substituents is 1. The number of rotatable bonds is 2. The lowest BCUT2D eigenvalue weighted by Gasteiger charge is -2.04. The largest absolute Gasteiger partial charge is 0.507 e. The summed E-state index contributed by atoms with van der Waals surface area (Å²) in [6.07, 6.45) is 0. The highest BCUT2D eigenvalue weighted by atomic mass is 16.3. The van der Waals surface area contributed by atoms with E-state index in [1.807, 2.05) is 24.3 Å². The first-order valence-corrected chi connectivity index (χ1v) is 4.80. The summed E-state index contributed by atoms with van der Waals surface area (Å²) < 4.78 is 0. The summed E-state index contributed by atoms with van der Waals surface area (Å²) in [5, 5.41) is 9.63. The number of nitrogens with two attached hydrogens (primary N) is 1. The Morgan fingerprint density at radius 3 is 2.47 bits per heavy atom. The molecule has 0 aliphatic carbocycles. The molecule has 2 rings (SSSR count). The Morgan fingerprint density at radius 1 is 1.13 bits per heavy atom. The van der Waals surface area contributed by atoms with Gasteiger partial charge in [0.25, 0.3) is 0 Å². The Kier molecular flexibility index (Phi) is 2.70. The third-order valence-corrected chi connectivity index (χ3v) is 2.31. The lowest BCUT2D eigenvalue weighted by Crippen LogP contribution is -1.95. The Balaban J connectivity index is 2.42. The molecule has 0 aliphatic heterocycles. The van der Waals surface area contributed by atoms with Crippen LogP contribution in [0.15, 0.2) is 42.5 Å². The SMILES string of the molecule is NCc1ccc(-c2[c]cccc2O)cc1. The van der Waals surface area contributed by atoms with Crippen LogP contribution in [0.1, 0.15) is 5.56 Å². The number of benzene rings is 2. The maximum absolute atomic E-state index is 9.63. The minimum atomic E-state index is 0.248. The van der Waals surface area contributed by atoms with Crippen molar-refractivity contribution in [1.82, 2.24) is 0 Å². The van der Waals surface area contributed by atoms with E-state index in [2.05, 4.69) is 6.07 Å². The first kappa shape index (κ1) is 9.74. The molecule has 0 amide bonds. The lowest BCUT2D eigenvalue weighted by molar-refractivity contribution is 0.477. The van der Waals surface area contributed by atoms with E-state index in [1.54, 1.807) is 18.2 Å². The van der Waals surface area contributed by atoms with E-state index in [4.69, 9.17) is 5.73 Å². The normalized spacial score (nSPS) is 10.2. The number of hydrogen-bond acceptors (Lipinski definition) is 2. The van der Waals surface area contributed by atoms with E-state index in [0.29, 0.717) is 6.54 Å². The molecule has 15 heavy (non-hydrogen) atoms. The molecule has 0 spiro atoms. The van der Waals surface area contributed by atoms with Crippen molar-refractivity contribution >= 4 is 0 Å². The maximum atomic E-state index is 9.63. The van der Waals surface area contributed by atoms with E-state index >= 15 is 0 Å². The van der Waals surface area contributed by atoms with Crippen molar-refractivity contribution in [2.45, 2.75) is 6.54 Å². The van der Waals surface area contributed by atoms with Crippen molar-refractivity contribution in [3.8, 4) is 16.9 Å². The topological polar surface area (TPSA) is 46.2 Å². The average molecular weight is 198 g/mol. The molecule has 2 aromatic rings. The van der Waals surface area contributed by atoms with E-state index in [-0.39, 0.29) is 5.75 Å². The molecule has 0 aromatic heterocycles. The summed E-state index contributed by atoms with van der Waals surface area (Å²) in [7, 11) is 0. The predicted molar refractivity (Wildman–Crippen MR) is 60.3 cm³/mol. The van der Waals surface area contributed by atoms with Crippen LogP contribution < -0.4 is 5.73 Å². The van der Waals surface area contributed by atoms with Gasteiger partial charge in [0.15, 0.2) is 0 Å². The minimum Gasteiger partial charge on any atom is -0.507 e. The third-order valence-electron chi connectivity index (χ3n) is 2.31. The van der Waals surface area contributed by atoms with Gasteiger partial charge in [-0.3, -0.25) is 0 Å². The fourth-order valence-electron chi connectivity index (χ4n) is 1.47. The number of hydrogen-bond donors (Lipinski definition) is 2. The van der Waals surface area contributed by atoms with Gasteiger partial charge in [0.1, 0.15) is 5.75 Å². The van der Waals surface area contributed by atoms with Gasteiger partial charge in [0, 0.05) is 12.1 Å². The summed E-state index contributed by atoms with van der Waals surface area (Å²) in [5.41, 5.74) is 8.26. The van der Waals surface area contributed by atoms with Gasteiger partial charge in [0.2, 0.25) is 0 Å². The third kappa shape index (κ3) is 2.00. The van der Waals surface area contributed by atoms with Crippen LogP contribution in [-0.2, 0) is 6.54 Å². The maximum Gasteiger partial charge on any atom is 0.124 e. The molecule has 2 nitrogen and oxygen atoms in total. The molecule has 2 heteroatoms. The fourth-order valence-corrected chi connectivity index (χ4v) is 1.47. The summed E-state index contributed by atoms with van der Waals surface area (Å²) in [4.78, 5) is 0. The molecule has 1 radical (unpaired) electrons. The molecule has 0 atom stereocenters. The van der Waals surface area contributed by atoms with E-state index in [1.165, 1.54) is 0 Å². The second-order valence-corrected chi connectivity index (χ2v) is 3.33. The van der Waals surface area contributed by atoms with Crippen molar-refractivity contribution in [3.63, 3.8) is 0 Å². The Hall–Kier alpha value is -1.80. The van der Waals surface area contributed by atoms with Crippen LogP contribution in [0.25, 0.3) is 11.1 Å². The zero-order valence-electron chi connectivity index (χ0n) is 8.27. The summed E-state index contributed by atoms with van der Waals surface area (Å²) in [5.74, 6) is 0.248. The van der Waals surface area contributed by atoms with Crippen LogP contribution in [0.3, 0.4) is 0 Å². The molecule has 0 saturated carbocycles. The van der Waals surface area contributed by atoms with Crippen LogP contribution >= 0.6 is 0 Å². The van der Waals surface area contributed by atoms with Gasteiger partial charge in [-0.15, -0.1) is 0 Å². The van der Waals surface area contributed by atoms with Crippen LogP contribution in [-0.4, -0.2) is 5.11 Å². The van der Waals surface area contributed by atoms with Crippen molar-refractivity contribution in [2.75, 3.05) is 0 Å². The molecule has 0 unspecified atom stereocenters. The van der Waals surface area contributed by atoms with Gasteiger partial charge in [0.05, 0.1) is 0 Å². The van der Waals surface area contributed by atoms with Crippen molar-refractivity contribution in [2.24, 2.45) is 5.73 Å². The quantitative estimate of drug-likeness (QED) is 0.777. The highest BCUT2D eigenvalue weighted by molar-refractivity contribution is 5.69. The monoisotopic (exact) mass is 198 g/mol. The van der Waals surface area contributed by atoms with E-state index in [9.17, 15) is 5.11 Å². The molecule has 0 aliphatic rings. The van der Waals surface area contributed by atoms with Gasteiger partial charge < -0.3 is 10.8 Å². The first-order chi connectivity index (χ1) is 7.31. The predicted octanol–water partition coefficient (Wildman–Crippen LogP) is 2.32. The van der Waals surface area contributed by atoms with E-state index < -0.39 is 0 Å². The summed E-state index contributed by atoms with van der Waals surface area (Å²) in [6.45, 7) is 0.533. The van der Waals surface area contributed by atoms with Crippen molar-refractivity contribution < 1.29 is 5.11 Å². The molecular formula is C13H12NO. The molecule has 0 fully saturated rings. The Bertz CT molecular complexity index is 448. The van der Waals surface area contributed by atoms with Crippen LogP contribution in [0, 0.1) is 6.07 Å². The van der Waals surface area contributed by atoms with Crippen molar-refractivity contribution in [1.29, 1.82) is 0 Å². The Labute approximate surface area is 89.0 Å². The highest BCUT2D eigenvalue weighted by Crippen LogP contribution is 2.27. The first-order valence-electron chi connectivity index (χ1n) is 4.80. The molecule has 0 heterocycles. The molecule has 2 aromatic carbocycles. The zero-order valence-corrected chi connectivity index (χ0v) is 8.27. The Morgan fingerprint density at radius 2 is 1.87 bits per heavy atom. The second kappa shape index (κ2) is 4.15. The van der Waals surface area contributed by atoms with Gasteiger partial charge >= 0.3 is 0 Å². The van der Waals surface area contributed by atoms with Gasteiger partial charge in [-0.05, 0) is 23.3 Å². The van der Waals surface area contributed by atoms with Crippen LogP contribution in [0.4, 0.5) is 0 Å². The van der Waals surface area contributed by atoms with Crippen LogP contribution in [0.2, 0.25) is 0 Å². The van der Waals surface area contributed by atoms with Gasteiger partial charge in [-0.2, -0.15) is 0 Å². The summed E-state index contributed by atoms with van der Waals surface area (Å²) >= 11 is 0. The standard InChI is InChI=1S/C13H12NO/c14-9-10-5-7-11(8-6-10)12-3-1-2-4-13(12)15/h1-2,4-8,15H,9,14H2. The molecular weight excluding hydrogens is 186 g/mol. The fraction of sp³-hybridized carbons (Fsp3) is 0.0769. The van der Waals surface area contributed by atoms with Crippen LogP contribution in [0.5, 0.6) is 5.75 Å². The minimum absolute atomic E-state index is 0.248. The highest BCUT2D eigenvalue weighted by Gasteiger charge is 2.02. The molecule has 0 bridgehead atoms. The van der Waals surface area contributed by atoms with Gasteiger partial charge in [-0.25, -0.2) is 0 Å². The van der Waals surface area contributed by atoms with Crippen molar-refractivity contribution in [3.05, 3.63) is 54.1 Å². The molecule has 3 N–H and O–H groups in total. The summed E-state index contributed by atoms with van der Waals surface area (Å²) in [6, 6.07) is 16.0.